The molecule has 46 heavy (non-hydrogen) atoms. The molecule has 4 aromatic rings. The highest BCUT2D eigenvalue weighted by molar-refractivity contribution is 8.25. The lowest BCUT2D eigenvalue weighted by atomic mass is 9.92. The normalized spacial score (nSPS) is 17.2. The van der Waals surface area contributed by atoms with E-state index >= 15 is 0 Å². The van der Waals surface area contributed by atoms with Crippen molar-refractivity contribution >= 4 is 33.4 Å². The van der Waals surface area contributed by atoms with Crippen molar-refractivity contribution in [3.63, 3.8) is 0 Å². The Morgan fingerprint density at radius 3 is 2.41 bits per heavy atom. The van der Waals surface area contributed by atoms with Crippen LogP contribution in [0.2, 0.25) is 0 Å². The van der Waals surface area contributed by atoms with E-state index in [9.17, 15) is 32.2 Å². The van der Waals surface area contributed by atoms with Gasteiger partial charge in [-0.05, 0) is 69.0 Å². The molecule has 1 aliphatic heterocycles. The molecule has 13 heteroatoms. The predicted octanol–water partition coefficient (Wildman–Crippen LogP) is 6.18. The molecule has 2 atom stereocenters. The van der Waals surface area contributed by atoms with Crippen LogP contribution in [0.4, 0.5) is 18.9 Å². The molecular formula is C33H40F3N5O4S. The van der Waals surface area contributed by atoms with Crippen LogP contribution in [0, 0.1) is 0 Å². The number of alkyl halides is 3. The average molecular weight is 660 g/mol. The second kappa shape index (κ2) is 13.2. The van der Waals surface area contributed by atoms with Gasteiger partial charge in [0.2, 0.25) is 0 Å². The third kappa shape index (κ3) is 7.34. The highest BCUT2D eigenvalue weighted by atomic mass is 32.3. The quantitative estimate of drug-likeness (QED) is 0.130. The summed E-state index contributed by atoms with van der Waals surface area (Å²) < 4.78 is 65.0. The van der Waals surface area contributed by atoms with Crippen molar-refractivity contribution in [1.82, 2.24) is 20.2 Å². The molecule has 0 radical (unpaired) electrons. The molecular weight excluding hydrogens is 619 g/mol. The Balaban J connectivity index is 1.41. The van der Waals surface area contributed by atoms with E-state index in [2.05, 4.69) is 15.6 Å². The maximum Gasteiger partial charge on any atom is 0.416 e. The summed E-state index contributed by atoms with van der Waals surface area (Å²) in [6.07, 6.45) is -3.08. The highest BCUT2D eigenvalue weighted by Gasteiger charge is 2.34. The van der Waals surface area contributed by atoms with Gasteiger partial charge in [0.15, 0.2) is 0 Å². The van der Waals surface area contributed by atoms with Gasteiger partial charge in [0.05, 0.1) is 41.0 Å². The first-order chi connectivity index (χ1) is 21.7. The van der Waals surface area contributed by atoms with Crippen LogP contribution >= 0.6 is 10.8 Å². The fraction of sp³-hybridized carbons (Fsp3) is 0.394. The molecule has 1 amide bonds. The standard InChI is InChI=1S/C33H40F3N5O4S/c1-4-40-21-37-30-27(40)17-23(18-28(30)41-14-9-15-46(41,44)45)31(43)39-26(16-22-10-6-5-7-11-22)29(42)20-38-32(2,3)24-12-8-13-25(19-24)33(34,35)36/h5-8,10-13,17-19,21,26,29,38,42,44-45H,4,9,14-16,20H2,1-3H3,(H,39,43)/t26-,29-/m0/s1. The van der Waals surface area contributed by atoms with E-state index in [1.807, 2.05) is 41.8 Å². The van der Waals surface area contributed by atoms with E-state index in [-0.39, 0.29) is 24.3 Å². The van der Waals surface area contributed by atoms with Crippen LogP contribution < -0.4 is 14.9 Å². The number of benzene rings is 3. The first-order valence-corrected chi connectivity index (χ1v) is 16.8. The maximum atomic E-state index is 13.9. The van der Waals surface area contributed by atoms with Gasteiger partial charge in [-0.1, -0.05) is 42.5 Å². The van der Waals surface area contributed by atoms with Gasteiger partial charge in [-0.15, -0.1) is 10.8 Å². The Morgan fingerprint density at radius 2 is 1.76 bits per heavy atom. The molecule has 9 nitrogen and oxygen atoms in total. The van der Waals surface area contributed by atoms with Crippen LogP contribution in [-0.4, -0.2) is 60.7 Å². The van der Waals surface area contributed by atoms with E-state index in [0.717, 1.165) is 17.7 Å². The van der Waals surface area contributed by atoms with Gasteiger partial charge >= 0.3 is 6.18 Å². The van der Waals surface area contributed by atoms with Crippen LogP contribution in [0.5, 0.6) is 0 Å². The van der Waals surface area contributed by atoms with Crippen LogP contribution in [0.15, 0.2) is 73.1 Å². The minimum atomic E-state index is -4.49. The maximum absolute atomic E-state index is 13.9. The number of hydrogen-bond acceptors (Lipinski definition) is 7. The molecule has 248 valence electrons. The highest BCUT2D eigenvalue weighted by Crippen LogP contribution is 2.52. The van der Waals surface area contributed by atoms with E-state index in [1.54, 1.807) is 38.4 Å². The monoisotopic (exact) mass is 659 g/mol. The van der Waals surface area contributed by atoms with Crippen LogP contribution in [0.1, 0.15) is 54.2 Å². The number of aromatic nitrogens is 2. The zero-order chi connectivity index (χ0) is 33.3. The lowest BCUT2D eigenvalue weighted by Crippen LogP contribution is -2.51. The van der Waals surface area contributed by atoms with Gasteiger partial charge in [0.25, 0.3) is 5.91 Å². The van der Waals surface area contributed by atoms with Crippen LogP contribution in [-0.2, 0) is 24.7 Å². The molecule has 5 rings (SSSR count). The summed E-state index contributed by atoms with van der Waals surface area (Å²) >= 11 is 0. The number of aryl methyl sites for hydroxylation is 1. The third-order valence-electron chi connectivity index (χ3n) is 8.45. The summed E-state index contributed by atoms with van der Waals surface area (Å²) in [5, 5.41) is 17.6. The lowest BCUT2D eigenvalue weighted by molar-refractivity contribution is -0.137. The smallest absolute Gasteiger partial charge is 0.390 e. The van der Waals surface area contributed by atoms with Crippen molar-refractivity contribution in [2.45, 2.75) is 64.0 Å². The SMILES string of the molecule is CCn1cnc2c(N3CCCS3(O)O)cc(C(=O)N[C@@H](Cc3ccccc3)[C@@H](O)CNC(C)(C)c3cccc(C(F)(F)F)c3)cc21. The van der Waals surface area contributed by atoms with Gasteiger partial charge in [-0.3, -0.25) is 18.2 Å². The minimum absolute atomic E-state index is 0.0252. The summed E-state index contributed by atoms with van der Waals surface area (Å²) in [5.74, 6) is -0.242. The predicted molar refractivity (Wildman–Crippen MR) is 175 cm³/mol. The first kappa shape index (κ1) is 33.7. The second-order valence-electron chi connectivity index (χ2n) is 12.1. The van der Waals surface area contributed by atoms with Crippen molar-refractivity contribution in [1.29, 1.82) is 0 Å². The largest absolute Gasteiger partial charge is 0.416 e. The topological polar surface area (TPSA) is 123 Å². The number of anilines is 1. The van der Waals surface area contributed by atoms with Gasteiger partial charge in [0, 0.05) is 30.7 Å². The number of fused-ring (bicyclic) bond motifs is 1. The number of nitrogens with zero attached hydrogens (tertiary/aromatic N) is 3. The lowest BCUT2D eigenvalue weighted by Gasteiger charge is -2.38. The van der Waals surface area contributed by atoms with Crippen molar-refractivity contribution in [3.05, 3.63) is 95.3 Å². The van der Waals surface area contributed by atoms with E-state index in [4.69, 9.17) is 0 Å². The number of aliphatic hydroxyl groups is 1. The fourth-order valence-corrected chi connectivity index (χ4v) is 7.36. The molecule has 1 fully saturated rings. The summed E-state index contributed by atoms with van der Waals surface area (Å²) in [6, 6.07) is 16.9. The van der Waals surface area contributed by atoms with Gasteiger partial charge in [-0.25, -0.2) is 4.98 Å². The van der Waals surface area contributed by atoms with E-state index in [1.165, 1.54) is 10.4 Å². The molecule has 0 spiro atoms. The summed E-state index contributed by atoms with van der Waals surface area (Å²) in [5.41, 5.74) is 1.53. The Morgan fingerprint density at radius 1 is 1.04 bits per heavy atom. The van der Waals surface area contributed by atoms with E-state index in [0.29, 0.717) is 41.8 Å². The number of hydrogen-bond donors (Lipinski definition) is 5. The molecule has 2 heterocycles. The molecule has 1 aromatic heterocycles. The van der Waals surface area contributed by atoms with Gasteiger partial charge < -0.3 is 20.3 Å². The van der Waals surface area contributed by atoms with Crippen molar-refractivity contribution in [3.8, 4) is 0 Å². The Bertz CT molecular complexity index is 1680. The number of carbonyl (C=O) groups excluding carboxylic acids is 1. The molecule has 0 bridgehead atoms. The van der Waals surface area contributed by atoms with Gasteiger partial charge in [0.1, 0.15) is 5.52 Å². The number of halogens is 3. The number of nitrogens with one attached hydrogen (secondary N) is 2. The first-order valence-electron chi connectivity index (χ1n) is 15.2. The summed E-state index contributed by atoms with van der Waals surface area (Å²) in [7, 11) is -3.06. The molecule has 5 N–H and O–H groups in total. The number of carbonyl (C=O) groups is 1. The number of amides is 1. The van der Waals surface area contributed by atoms with Crippen molar-refractivity contribution in [2.24, 2.45) is 0 Å². The summed E-state index contributed by atoms with van der Waals surface area (Å²) in [6.45, 7) is 6.37. The minimum Gasteiger partial charge on any atom is -0.390 e. The number of aliphatic hydroxyl groups excluding tert-OH is 1. The average Bonchev–Trinajstić information content (AvgIpc) is 3.61. The Hall–Kier alpha value is -3.62. The van der Waals surface area contributed by atoms with Crippen molar-refractivity contribution in [2.75, 3.05) is 23.1 Å². The molecule has 3 aromatic carbocycles. The van der Waals surface area contributed by atoms with Gasteiger partial charge in [-0.2, -0.15) is 13.2 Å². The summed E-state index contributed by atoms with van der Waals surface area (Å²) in [4.78, 5) is 18.4. The zero-order valence-electron chi connectivity index (χ0n) is 26.0. The van der Waals surface area contributed by atoms with Crippen molar-refractivity contribution < 1.29 is 32.2 Å². The molecule has 0 aliphatic carbocycles. The number of imidazole rings is 1. The van der Waals surface area contributed by atoms with E-state index < -0.39 is 46.1 Å². The fourth-order valence-electron chi connectivity index (χ4n) is 5.75. The zero-order valence-corrected chi connectivity index (χ0v) is 26.8. The Labute approximate surface area is 267 Å². The third-order valence-corrected chi connectivity index (χ3v) is 10.4. The van der Waals surface area contributed by atoms with Crippen LogP contribution in [0.25, 0.3) is 11.0 Å². The molecule has 0 saturated carbocycles. The molecule has 0 unspecified atom stereocenters. The molecule has 1 aliphatic rings. The number of rotatable bonds is 11. The molecule has 1 saturated heterocycles. The second-order valence-corrected chi connectivity index (χ2v) is 14.2. The Kier molecular flexibility index (Phi) is 9.71. The van der Waals surface area contributed by atoms with Crippen LogP contribution in [0.3, 0.4) is 0 Å².